The molecule has 0 aliphatic carbocycles. The van der Waals surface area contributed by atoms with Crippen LogP contribution in [0.15, 0.2) is 18.2 Å². The molecule has 108 valence electrons. The molecule has 0 bridgehead atoms. The molecule has 2 radical (unpaired) electrons. The van der Waals surface area contributed by atoms with E-state index in [9.17, 15) is 26.4 Å². The van der Waals surface area contributed by atoms with E-state index in [-0.39, 0.29) is 11.9 Å². The monoisotopic (exact) mass is 308 g/mol. The van der Waals surface area contributed by atoms with E-state index in [0.29, 0.717) is 0 Å². The topological polar surface area (TPSA) is 80.7 Å². The van der Waals surface area contributed by atoms with E-state index in [1.54, 1.807) is 0 Å². The lowest BCUT2D eigenvalue weighted by Gasteiger charge is -2.14. The van der Waals surface area contributed by atoms with Crippen molar-refractivity contribution in [2.75, 3.05) is 6.61 Å². The first-order valence-electron chi connectivity index (χ1n) is 5.09. The SMILES string of the molecule is [B]Cc1cccc(F)c1C(=O)OCC(F)(F)S(=O)(=O)O. The first kappa shape index (κ1) is 16.5. The highest BCUT2D eigenvalue weighted by Crippen LogP contribution is 2.22. The molecule has 0 unspecified atom stereocenters. The van der Waals surface area contributed by atoms with Gasteiger partial charge in [0.1, 0.15) is 5.82 Å². The summed E-state index contributed by atoms with van der Waals surface area (Å²) in [6.07, 6.45) is -0.253. The Balaban J connectivity index is 2.94. The second-order valence-corrected chi connectivity index (χ2v) is 5.21. The van der Waals surface area contributed by atoms with E-state index in [4.69, 9.17) is 12.4 Å². The third kappa shape index (κ3) is 3.51. The number of esters is 1. The van der Waals surface area contributed by atoms with Gasteiger partial charge in [0, 0.05) is 0 Å². The number of benzene rings is 1. The highest BCUT2D eigenvalue weighted by molar-refractivity contribution is 7.86. The smallest absolute Gasteiger partial charge is 0.402 e. The maximum Gasteiger partial charge on any atom is 0.402 e. The number of alkyl halides is 2. The van der Waals surface area contributed by atoms with Crippen molar-refractivity contribution in [2.24, 2.45) is 0 Å². The zero-order chi connectivity index (χ0) is 15.6. The van der Waals surface area contributed by atoms with Crippen LogP contribution in [0.4, 0.5) is 13.2 Å². The van der Waals surface area contributed by atoms with E-state index >= 15 is 0 Å². The molecular weight excluding hydrogens is 300 g/mol. The van der Waals surface area contributed by atoms with Crippen LogP contribution in [0.3, 0.4) is 0 Å². The quantitative estimate of drug-likeness (QED) is 0.501. The van der Waals surface area contributed by atoms with E-state index in [1.165, 1.54) is 12.1 Å². The van der Waals surface area contributed by atoms with Gasteiger partial charge in [0.2, 0.25) is 0 Å². The maximum absolute atomic E-state index is 13.4. The van der Waals surface area contributed by atoms with Gasteiger partial charge in [0.05, 0.1) is 13.4 Å². The molecule has 0 spiro atoms. The second kappa shape index (κ2) is 5.84. The van der Waals surface area contributed by atoms with Gasteiger partial charge in [-0.1, -0.05) is 18.5 Å². The molecule has 20 heavy (non-hydrogen) atoms. The largest absolute Gasteiger partial charge is 0.454 e. The van der Waals surface area contributed by atoms with E-state index in [2.05, 4.69) is 4.74 Å². The minimum Gasteiger partial charge on any atom is -0.454 e. The zero-order valence-corrected chi connectivity index (χ0v) is 10.7. The maximum atomic E-state index is 13.4. The normalized spacial score (nSPS) is 12.2. The van der Waals surface area contributed by atoms with E-state index in [1.807, 2.05) is 0 Å². The van der Waals surface area contributed by atoms with Crippen molar-refractivity contribution in [3.8, 4) is 0 Å². The average Bonchev–Trinajstić information content (AvgIpc) is 2.34. The Morgan fingerprint density at radius 3 is 2.50 bits per heavy atom. The molecule has 0 aliphatic rings. The van der Waals surface area contributed by atoms with Crippen LogP contribution in [0.5, 0.6) is 0 Å². The predicted octanol–water partition coefficient (Wildman–Crippen LogP) is 1.13. The molecule has 0 aromatic heterocycles. The molecule has 0 saturated heterocycles. The fourth-order valence-electron chi connectivity index (χ4n) is 1.26. The zero-order valence-electron chi connectivity index (χ0n) is 9.85. The fraction of sp³-hybridized carbons (Fsp3) is 0.300. The highest BCUT2D eigenvalue weighted by Gasteiger charge is 2.45. The summed E-state index contributed by atoms with van der Waals surface area (Å²) in [6.45, 7) is -1.94. The Labute approximate surface area is 113 Å². The van der Waals surface area contributed by atoms with Gasteiger partial charge in [-0.05, 0) is 11.6 Å². The molecule has 1 N–H and O–H groups in total. The van der Waals surface area contributed by atoms with Gasteiger partial charge in [0.15, 0.2) is 6.61 Å². The Morgan fingerprint density at radius 1 is 1.40 bits per heavy atom. The van der Waals surface area contributed by atoms with Crippen LogP contribution in [-0.4, -0.2) is 38.6 Å². The first-order chi connectivity index (χ1) is 9.10. The van der Waals surface area contributed by atoms with E-state index in [0.717, 1.165) is 6.07 Å². The number of ether oxygens (including phenoxy) is 1. The highest BCUT2D eigenvalue weighted by atomic mass is 32.2. The lowest BCUT2D eigenvalue weighted by atomic mass is 9.93. The van der Waals surface area contributed by atoms with Gasteiger partial charge in [-0.25, -0.2) is 9.18 Å². The fourth-order valence-corrected chi connectivity index (χ4v) is 1.47. The molecule has 0 aliphatic heterocycles. The van der Waals surface area contributed by atoms with Crippen LogP contribution in [0.2, 0.25) is 0 Å². The van der Waals surface area contributed by atoms with Crippen LogP contribution in [0, 0.1) is 5.82 Å². The summed E-state index contributed by atoms with van der Waals surface area (Å²) in [6, 6.07) is 3.42. The summed E-state index contributed by atoms with van der Waals surface area (Å²) in [5.41, 5.74) is -0.661. The summed E-state index contributed by atoms with van der Waals surface area (Å²) >= 11 is 0. The lowest BCUT2D eigenvalue weighted by molar-refractivity contribution is -0.00984. The molecule has 0 fully saturated rings. The Hall–Kier alpha value is -1.55. The molecule has 0 heterocycles. The van der Waals surface area contributed by atoms with Gasteiger partial charge in [0.25, 0.3) is 0 Å². The Bertz CT molecular complexity index is 617. The van der Waals surface area contributed by atoms with Crippen LogP contribution in [-0.2, 0) is 21.2 Å². The van der Waals surface area contributed by atoms with Crippen LogP contribution in [0.25, 0.3) is 0 Å². The number of carbonyl (C=O) groups is 1. The molecule has 0 atom stereocenters. The minimum atomic E-state index is -5.74. The Morgan fingerprint density at radius 2 is 2.00 bits per heavy atom. The van der Waals surface area contributed by atoms with Crippen molar-refractivity contribution in [1.29, 1.82) is 0 Å². The number of hydrogen-bond donors (Lipinski definition) is 1. The third-order valence-corrected chi connectivity index (χ3v) is 3.15. The molecular formula is C10H8BF3O5S. The molecule has 0 amide bonds. The van der Waals surface area contributed by atoms with Crippen LogP contribution < -0.4 is 0 Å². The van der Waals surface area contributed by atoms with Crippen molar-refractivity contribution in [1.82, 2.24) is 0 Å². The van der Waals surface area contributed by atoms with Crippen LogP contribution >= 0.6 is 0 Å². The third-order valence-electron chi connectivity index (χ3n) is 2.27. The van der Waals surface area contributed by atoms with Gasteiger partial charge in [-0.2, -0.15) is 17.2 Å². The number of halogens is 3. The summed E-state index contributed by atoms with van der Waals surface area (Å²) in [5, 5.41) is -4.68. The average molecular weight is 308 g/mol. The van der Waals surface area contributed by atoms with Crippen molar-refractivity contribution >= 4 is 23.9 Å². The Kier molecular flexibility index (Phi) is 4.82. The number of hydrogen-bond acceptors (Lipinski definition) is 4. The first-order valence-corrected chi connectivity index (χ1v) is 6.53. The predicted molar refractivity (Wildman–Crippen MR) is 62.6 cm³/mol. The number of rotatable bonds is 5. The molecule has 10 heteroatoms. The molecule has 0 saturated carbocycles. The summed E-state index contributed by atoms with van der Waals surface area (Å²) in [5.74, 6) is -2.56. The molecule has 1 aromatic rings. The van der Waals surface area contributed by atoms with Crippen molar-refractivity contribution in [2.45, 2.75) is 11.6 Å². The van der Waals surface area contributed by atoms with Crippen molar-refractivity contribution in [3.63, 3.8) is 0 Å². The van der Waals surface area contributed by atoms with Crippen molar-refractivity contribution in [3.05, 3.63) is 35.1 Å². The minimum absolute atomic E-state index is 0.00479. The summed E-state index contributed by atoms with van der Waals surface area (Å²) in [7, 11) is -0.485. The summed E-state index contributed by atoms with van der Waals surface area (Å²) < 4.78 is 72.0. The van der Waals surface area contributed by atoms with Gasteiger partial charge in [-0.3, -0.25) is 4.55 Å². The summed E-state index contributed by atoms with van der Waals surface area (Å²) in [4.78, 5) is 11.5. The van der Waals surface area contributed by atoms with Gasteiger partial charge in [-0.15, -0.1) is 0 Å². The molecule has 5 nitrogen and oxygen atoms in total. The lowest BCUT2D eigenvalue weighted by Crippen LogP contribution is -2.34. The van der Waals surface area contributed by atoms with E-state index < -0.39 is 39.3 Å². The number of carbonyl (C=O) groups excluding carboxylic acids is 1. The second-order valence-electron chi connectivity index (χ2n) is 3.67. The standard InChI is InChI=1S/C10H8BF3O5S/c11-4-6-2-1-3-7(12)8(6)9(15)19-5-10(13,14)20(16,17)18/h1-3H,4-5H2,(H,16,17,18). The molecule has 1 rings (SSSR count). The van der Waals surface area contributed by atoms with Gasteiger partial charge >= 0.3 is 21.3 Å². The van der Waals surface area contributed by atoms with Gasteiger partial charge < -0.3 is 4.74 Å². The molecule has 1 aromatic carbocycles. The van der Waals surface area contributed by atoms with Crippen LogP contribution in [0.1, 0.15) is 15.9 Å². The van der Waals surface area contributed by atoms with Crippen molar-refractivity contribution < 1.29 is 35.7 Å².